The molecule has 0 radical (unpaired) electrons. The van der Waals surface area contributed by atoms with E-state index in [9.17, 15) is 32.7 Å². The number of para-hydroxylation sites is 1. The van der Waals surface area contributed by atoms with E-state index < -0.39 is 41.6 Å². The molecule has 3 atom stereocenters. The van der Waals surface area contributed by atoms with Crippen molar-refractivity contribution in [3.63, 3.8) is 0 Å². The molecule has 0 saturated carbocycles. The highest BCUT2D eigenvalue weighted by Crippen LogP contribution is 2.46. The van der Waals surface area contributed by atoms with Gasteiger partial charge < -0.3 is 29.9 Å². The summed E-state index contributed by atoms with van der Waals surface area (Å²) in [4.78, 5) is 49.6. The Labute approximate surface area is 319 Å². The monoisotopic (exact) mass is 769 g/mol. The van der Waals surface area contributed by atoms with Crippen molar-refractivity contribution in [3.05, 3.63) is 83.4 Å². The van der Waals surface area contributed by atoms with Gasteiger partial charge in [0.15, 0.2) is 17.4 Å². The van der Waals surface area contributed by atoms with Crippen LogP contribution in [-0.2, 0) is 22.7 Å². The summed E-state index contributed by atoms with van der Waals surface area (Å²) >= 11 is 0. The number of nitrogens with one attached hydrogen (secondary N) is 2. The SMILES string of the molecule is O=C1CC[C@H](N2Cc3ccc(N4CCN(Cc5ccc(O[C@H]6CN7c8cc(-c9cccc(F)c9O)nnc8NC[C@]7(C(F)F)C6)cn5)CC4)cc3C2=O)C(=O)N1. The average molecular weight is 770 g/mol. The number of alkyl halides is 2. The van der Waals surface area contributed by atoms with E-state index in [1.165, 1.54) is 18.2 Å². The van der Waals surface area contributed by atoms with E-state index in [1.54, 1.807) is 22.1 Å². The van der Waals surface area contributed by atoms with Crippen LogP contribution in [0, 0.1) is 5.82 Å². The minimum absolute atomic E-state index is 0.0302. The first-order chi connectivity index (χ1) is 27.1. The van der Waals surface area contributed by atoms with Crippen LogP contribution in [-0.4, -0.2) is 111 Å². The molecule has 3 N–H and O–H groups in total. The van der Waals surface area contributed by atoms with Crippen molar-refractivity contribution in [1.82, 2.24) is 30.3 Å². The maximum Gasteiger partial charge on any atom is 0.263 e. The van der Waals surface area contributed by atoms with E-state index in [0.29, 0.717) is 42.3 Å². The fraction of sp³-hybridized carbons (Fsp3) is 0.385. The van der Waals surface area contributed by atoms with Crippen molar-refractivity contribution in [2.75, 3.05) is 54.4 Å². The van der Waals surface area contributed by atoms with Crippen molar-refractivity contribution in [1.29, 1.82) is 0 Å². The number of fused-ring (bicyclic) bond motifs is 4. The molecule has 9 rings (SSSR count). The van der Waals surface area contributed by atoms with E-state index in [-0.39, 0.29) is 49.0 Å². The molecule has 290 valence electrons. The van der Waals surface area contributed by atoms with Crippen LogP contribution in [0.5, 0.6) is 11.5 Å². The van der Waals surface area contributed by atoms with Gasteiger partial charge in [0.05, 0.1) is 29.8 Å². The molecule has 3 fully saturated rings. The Morgan fingerprint density at radius 2 is 1.84 bits per heavy atom. The van der Waals surface area contributed by atoms with Gasteiger partial charge in [0.25, 0.3) is 12.3 Å². The summed E-state index contributed by atoms with van der Waals surface area (Å²) in [5.41, 5.74) is 2.27. The number of hydrogen-bond acceptors (Lipinski definition) is 12. The highest BCUT2D eigenvalue weighted by atomic mass is 19.3. The lowest BCUT2D eigenvalue weighted by molar-refractivity contribution is -0.136. The lowest BCUT2D eigenvalue weighted by Gasteiger charge is -2.43. The minimum Gasteiger partial charge on any atom is -0.504 e. The number of aromatic hydroxyl groups is 1. The van der Waals surface area contributed by atoms with E-state index in [1.807, 2.05) is 24.3 Å². The zero-order chi connectivity index (χ0) is 38.7. The van der Waals surface area contributed by atoms with E-state index in [2.05, 4.69) is 35.6 Å². The molecule has 5 aliphatic heterocycles. The Kier molecular flexibility index (Phi) is 8.90. The van der Waals surface area contributed by atoms with Crippen LogP contribution in [0.4, 0.5) is 30.4 Å². The topological polar surface area (TPSA) is 156 Å². The molecule has 2 aromatic carbocycles. The number of anilines is 3. The number of carbonyl (C=O) groups excluding carboxylic acids is 3. The Bertz CT molecular complexity index is 2220. The molecule has 3 saturated heterocycles. The third-order valence-electron chi connectivity index (χ3n) is 11.5. The minimum atomic E-state index is -2.72. The van der Waals surface area contributed by atoms with Crippen molar-refractivity contribution in [3.8, 4) is 22.8 Å². The number of hydrogen-bond donors (Lipinski definition) is 3. The third-order valence-corrected chi connectivity index (χ3v) is 11.5. The standard InChI is InChI=1S/C39H38F3N9O5/c40-29-3-1-2-27(34(29)53)30-15-32-35(47-46-30)44-21-39(38(41)42)16-26(20-51(32)39)56-25-7-5-23(43-17-25)19-48-10-12-49(13-11-48)24-6-4-22-18-50(37(55)28(22)14-24)31-8-9-33(52)45-36(31)54/h1-7,14-15,17,26,31,38,53H,8-13,16,18-21H2,(H,44,47)(H,45,52,54)/t26-,31+,39+/m1/s1. The molecule has 2 aromatic heterocycles. The Morgan fingerprint density at radius 1 is 1.00 bits per heavy atom. The number of piperidine rings is 1. The number of aromatic nitrogens is 3. The summed E-state index contributed by atoms with van der Waals surface area (Å²) in [5.74, 6) is -1.58. The van der Waals surface area contributed by atoms with Crippen molar-refractivity contribution in [2.24, 2.45) is 0 Å². The molecule has 7 heterocycles. The van der Waals surface area contributed by atoms with Gasteiger partial charge in [-0.3, -0.25) is 29.6 Å². The molecule has 0 aliphatic carbocycles. The largest absolute Gasteiger partial charge is 0.504 e. The summed E-state index contributed by atoms with van der Waals surface area (Å²) in [5, 5.41) is 23.9. The van der Waals surface area contributed by atoms with Gasteiger partial charge in [-0.2, -0.15) is 0 Å². The second-order valence-electron chi connectivity index (χ2n) is 14.9. The molecule has 5 aliphatic rings. The molecule has 17 heteroatoms. The summed E-state index contributed by atoms with van der Waals surface area (Å²) in [6.45, 7) is 4.03. The van der Waals surface area contributed by atoms with Crippen molar-refractivity contribution >= 4 is 34.9 Å². The number of benzene rings is 2. The molecule has 0 spiro atoms. The maximum absolute atomic E-state index is 14.9. The normalized spacial score (nSPS) is 23.5. The summed E-state index contributed by atoms with van der Waals surface area (Å²) < 4.78 is 50.1. The third kappa shape index (κ3) is 6.28. The number of pyridine rings is 1. The zero-order valence-corrected chi connectivity index (χ0v) is 30.1. The second kappa shape index (κ2) is 14.0. The fourth-order valence-corrected chi connectivity index (χ4v) is 8.53. The molecule has 0 bridgehead atoms. The summed E-state index contributed by atoms with van der Waals surface area (Å²) in [6, 6.07) is 14.4. The van der Waals surface area contributed by atoms with E-state index >= 15 is 0 Å². The molecule has 14 nitrogen and oxygen atoms in total. The van der Waals surface area contributed by atoms with Crippen molar-refractivity contribution < 1.29 is 37.4 Å². The summed E-state index contributed by atoms with van der Waals surface area (Å²) in [6.07, 6.45) is -1.14. The van der Waals surface area contributed by atoms with Crippen LogP contribution >= 0.6 is 0 Å². The number of rotatable bonds is 8. The Balaban J connectivity index is 0.811. The lowest BCUT2D eigenvalue weighted by atomic mass is 9.93. The summed E-state index contributed by atoms with van der Waals surface area (Å²) in [7, 11) is 0. The molecule has 4 aromatic rings. The van der Waals surface area contributed by atoms with Gasteiger partial charge in [0, 0.05) is 75.5 Å². The molecular formula is C39H38F3N9O5. The number of piperazine rings is 1. The van der Waals surface area contributed by atoms with Crippen LogP contribution in [0.1, 0.15) is 40.9 Å². The number of imide groups is 1. The van der Waals surface area contributed by atoms with Crippen LogP contribution in [0.2, 0.25) is 0 Å². The highest BCUT2D eigenvalue weighted by molar-refractivity contribution is 6.05. The average Bonchev–Trinajstić information content (AvgIpc) is 3.74. The predicted molar refractivity (Wildman–Crippen MR) is 197 cm³/mol. The first-order valence-electron chi connectivity index (χ1n) is 18.6. The number of halogens is 3. The van der Waals surface area contributed by atoms with Crippen LogP contribution in [0.15, 0.2) is 60.8 Å². The van der Waals surface area contributed by atoms with Gasteiger partial charge in [-0.15, -0.1) is 10.2 Å². The van der Waals surface area contributed by atoms with Crippen LogP contribution < -0.4 is 25.2 Å². The van der Waals surface area contributed by atoms with Crippen molar-refractivity contribution in [2.45, 2.75) is 56.5 Å². The van der Waals surface area contributed by atoms with Gasteiger partial charge in [0.1, 0.15) is 23.4 Å². The van der Waals surface area contributed by atoms with Gasteiger partial charge >= 0.3 is 0 Å². The fourth-order valence-electron chi connectivity index (χ4n) is 8.53. The quantitative estimate of drug-likeness (QED) is 0.225. The maximum atomic E-state index is 14.9. The van der Waals surface area contributed by atoms with Gasteiger partial charge in [-0.05, 0) is 54.4 Å². The van der Waals surface area contributed by atoms with Crippen LogP contribution in [0.3, 0.4) is 0 Å². The second-order valence-corrected chi connectivity index (χ2v) is 14.9. The first-order valence-corrected chi connectivity index (χ1v) is 18.6. The predicted octanol–water partition coefficient (Wildman–Crippen LogP) is 3.55. The van der Waals surface area contributed by atoms with Crippen LogP contribution in [0.25, 0.3) is 11.3 Å². The van der Waals surface area contributed by atoms with E-state index in [0.717, 1.165) is 49.2 Å². The Hall–Kier alpha value is -5.97. The van der Waals surface area contributed by atoms with Gasteiger partial charge in [-0.1, -0.05) is 12.1 Å². The van der Waals surface area contributed by atoms with Gasteiger partial charge in [-0.25, -0.2) is 13.2 Å². The number of ether oxygens (including phenoxy) is 1. The smallest absolute Gasteiger partial charge is 0.263 e. The Morgan fingerprint density at radius 3 is 2.61 bits per heavy atom. The number of phenols is 1. The zero-order valence-electron chi connectivity index (χ0n) is 30.1. The first kappa shape index (κ1) is 35.7. The highest BCUT2D eigenvalue weighted by Gasteiger charge is 2.56. The lowest BCUT2D eigenvalue weighted by Crippen LogP contribution is -2.57. The molecular weight excluding hydrogens is 731 g/mol. The number of phenolic OH excluding ortho intramolecular Hbond substituents is 1. The number of nitrogens with zero attached hydrogens (tertiary/aromatic N) is 7. The van der Waals surface area contributed by atoms with Gasteiger partial charge in [0.2, 0.25) is 11.8 Å². The number of carbonyl (C=O) groups is 3. The number of amides is 3. The molecule has 56 heavy (non-hydrogen) atoms. The molecule has 0 unspecified atom stereocenters. The van der Waals surface area contributed by atoms with E-state index in [4.69, 9.17) is 4.74 Å². The molecule has 3 amide bonds.